The Bertz CT molecular complexity index is 1610. The molecule has 202 valence electrons. The zero-order valence-corrected chi connectivity index (χ0v) is 22.4. The topological polar surface area (TPSA) is 120 Å². The van der Waals surface area contributed by atoms with Crippen LogP contribution in [0.1, 0.15) is 64.6 Å². The third-order valence-electron chi connectivity index (χ3n) is 7.92. The monoisotopic (exact) mass is 530 g/mol. The van der Waals surface area contributed by atoms with Crippen molar-refractivity contribution in [1.29, 1.82) is 0 Å². The van der Waals surface area contributed by atoms with Crippen LogP contribution < -0.4 is 15.8 Å². The number of carbonyl (C=O) groups is 3. The summed E-state index contributed by atoms with van der Waals surface area (Å²) in [7, 11) is 0. The number of aromatic nitrogens is 2. The van der Waals surface area contributed by atoms with Crippen molar-refractivity contribution < 1.29 is 23.9 Å². The number of hydrogen-bond donors (Lipinski definition) is 1. The molecule has 0 radical (unpaired) electrons. The van der Waals surface area contributed by atoms with Gasteiger partial charge in [0.05, 0.1) is 22.1 Å². The second kappa shape index (κ2) is 8.47. The third kappa shape index (κ3) is 3.54. The molecule has 6 rings (SSSR count). The van der Waals surface area contributed by atoms with Crippen LogP contribution in [0.4, 0.5) is 5.69 Å². The minimum absolute atomic E-state index is 0.0815. The van der Waals surface area contributed by atoms with Crippen molar-refractivity contribution >= 4 is 34.4 Å². The van der Waals surface area contributed by atoms with E-state index in [0.717, 1.165) is 0 Å². The minimum atomic E-state index is -1.22. The lowest BCUT2D eigenvalue weighted by atomic mass is 9.88. The van der Waals surface area contributed by atoms with Crippen LogP contribution in [0.5, 0.6) is 0 Å². The zero-order valence-electron chi connectivity index (χ0n) is 22.4. The normalized spacial score (nSPS) is 25.7. The van der Waals surface area contributed by atoms with E-state index >= 15 is 0 Å². The number of benzene rings is 2. The van der Waals surface area contributed by atoms with Gasteiger partial charge in [-0.15, -0.1) is 0 Å². The van der Waals surface area contributed by atoms with Gasteiger partial charge in [-0.05, 0) is 38.0 Å². The van der Waals surface area contributed by atoms with Gasteiger partial charge in [-0.2, -0.15) is 0 Å². The van der Waals surface area contributed by atoms with Gasteiger partial charge in [-0.1, -0.05) is 44.2 Å². The van der Waals surface area contributed by atoms with E-state index in [2.05, 4.69) is 5.32 Å². The first kappa shape index (κ1) is 25.2. The number of nitrogens with zero attached hydrogens (tertiary/aromatic N) is 3. The largest absolute Gasteiger partial charge is 0.454 e. The van der Waals surface area contributed by atoms with Crippen LogP contribution in [0, 0.1) is 5.92 Å². The maximum atomic E-state index is 14.0. The predicted molar refractivity (Wildman–Crippen MR) is 142 cm³/mol. The third-order valence-corrected chi connectivity index (χ3v) is 7.92. The summed E-state index contributed by atoms with van der Waals surface area (Å²) < 4.78 is 13.2. The molecule has 3 aromatic rings. The molecule has 0 unspecified atom stereocenters. The van der Waals surface area contributed by atoms with Crippen LogP contribution in [0.2, 0.25) is 0 Å². The highest BCUT2D eigenvalue weighted by molar-refractivity contribution is 6.05. The number of rotatable bonds is 4. The molecule has 4 heterocycles. The molecule has 1 amide bonds. The molecular weight excluding hydrogens is 500 g/mol. The number of esters is 2. The van der Waals surface area contributed by atoms with Crippen LogP contribution in [-0.4, -0.2) is 39.1 Å². The van der Waals surface area contributed by atoms with Gasteiger partial charge in [-0.3, -0.25) is 29.2 Å². The number of carbonyl (C=O) groups excluding carboxylic acids is 3. The van der Waals surface area contributed by atoms with Gasteiger partial charge in [0, 0.05) is 18.9 Å². The zero-order chi connectivity index (χ0) is 27.9. The number of nitrogens with one attached hydrogen (secondary N) is 1. The van der Waals surface area contributed by atoms with E-state index in [0.29, 0.717) is 22.2 Å². The van der Waals surface area contributed by atoms with E-state index in [1.807, 2.05) is 38.1 Å². The highest BCUT2D eigenvalue weighted by atomic mass is 16.6. The molecule has 1 spiro atoms. The lowest BCUT2D eigenvalue weighted by molar-refractivity contribution is -0.152. The van der Waals surface area contributed by atoms with Crippen LogP contribution in [0.25, 0.3) is 10.9 Å². The summed E-state index contributed by atoms with van der Waals surface area (Å²) in [5, 5.41) is 3.70. The summed E-state index contributed by atoms with van der Waals surface area (Å²) in [4.78, 5) is 59.6. The standard InChI is InChI=1S/C29H30N4O6/c1-15(2)22(38-16(3)34)23-30-19-12-8-6-10-17(19)24(35)32(23)21-14-29(39-25(21)36)18-11-7-9-13-20(18)33-26(29)31-28(4,5)27(33)37/h6-13,15,21-22,26,31H,14H2,1-5H3/t21-,22+,26+,29-/m0/s1. The summed E-state index contributed by atoms with van der Waals surface area (Å²) in [6, 6.07) is 13.2. The fraction of sp³-hybridized carbons (Fsp3) is 0.414. The fourth-order valence-electron chi connectivity index (χ4n) is 6.17. The van der Waals surface area contributed by atoms with E-state index in [9.17, 15) is 19.2 Å². The van der Waals surface area contributed by atoms with E-state index in [4.69, 9.17) is 14.5 Å². The Balaban J connectivity index is 1.55. The number of hydrogen-bond acceptors (Lipinski definition) is 8. The van der Waals surface area contributed by atoms with Crippen LogP contribution >= 0.6 is 0 Å². The molecule has 1 aromatic heterocycles. The van der Waals surface area contributed by atoms with Gasteiger partial charge in [0.1, 0.15) is 12.2 Å². The van der Waals surface area contributed by atoms with Crippen LogP contribution in [-0.2, 0) is 29.5 Å². The molecule has 2 fully saturated rings. The predicted octanol–water partition coefficient (Wildman–Crippen LogP) is 3.09. The molecular formula is C29H30N4O6. The second-order valence-electron chi connectivity index (χ2n) is 11.3. The Labute approximate surface area is 224 Å². The quantitative estimate of drug-likeness (QED) is 0.511. The first-order valence-electron chi connectivity index (χ1n) is 13.1. The van der Waals surface area contributed by atoms with Gasteiger partial charge < -0.3 is 9.47 Å². The summed E-state index contributed by atoms with van der Waals surface area (Å²) in [5.74, 6) is -1.32. The number of ether oxygens (including phenoxy) is 2. The average molecular weight is 531 g/mol. The van der Waals surface area contributed by atoms with Crippen molar-refractivity contribution in [2.24, 2.45) is 5.92 Å². The highest BCUT2D eigenvalue weighted by Crippen LogP contribution is 2.56. The molecule has 3 aliphatic heterocycles. The van der Waals surface area contributed by atoms with Gasteiger partial charge in [-0.25, -0.2) is 9.78 Å². The number of fused-ring (bicyclic) bond motifs is 6. The van der Waals surface area contributed by atoms with Crippen molar-refractivity contribution in [3.05, 3.63) is 70.3 Å². The molecule has 0 bridgehead atoms. The van der Waals surface area contributed by atoms with Crippen molar-refractivity contribution in [3.8, 4) is 0 Å². The lowest BCUT2D eigenvalue weighted by Gasteiger charge is -2.31. The minimum Gasteiger partial charge on any atom is -0.454 e. The Hall–Kier alpha value is -4.05. The molecule has 2 aromatic carbocycles. The maximum absolute atomic E-state index is 14.0. The van der Waals surface area contributed by atoms with Crippen molar-refractivity contribution in [1.82, 2.24) is 14.9 Å². The van der Waals surface area contributed by atoms with E-state index in [-0.39, 0.29) is 24.1 Å². The molecule has 39 heavy (non-hydrogen) atoms. The van der Waals surface area contributed by atoms with E-state index < -0.39 is 46.9 Å². The van der Waals surface area contributed by atoms with Crippen molar-refractivity contribution in [3.63, 3.8) is 0 Å². The molecule has 3 aliphatic rings. The first-order valence-corrected chi connectivity index (χ1v) is 13.1. The Morgan fingerprint density at radius 1 is 1.10 bits per heavy atom. The molecule has 4 atom stereocenters. The smallest absolute Gasteiger partial charge is 0.330 e. The average Bonchev–Trinajstić information content (AvgIpc) is 3.45. The van der Waals surface area contributed by atoms with Gasteiger partial charge in [0.25, 0.3) is 5.56 Å². The fourth-order valence-corrected chi connectivity index (χ4v) is 6.17. The molecule has 10 heteroatoms. The van der Waals surface area contributed by atoms with E-state index in [1.54, 1.807) is 43.0 Å². The molecule has 2 saturated heterocycles. The number of amides is 1. The summed E-state index contributed by atoms with van der Waals surface area (Å²) in [5.41, 5.74) is -0.714. The molecule has 10 nitrogen and oxygen atoms in total. The molecule has 1 N–H and O–H groups in total. The Morgan fingerprint density at radius 2 is 1.79 bits per heavy atom. The molecule has 0 saturated carbocycles. The number of anilines is 1. The second-order valence-corrected chi connectivity index (χ2v) is 11.3. The summed E-state index contributed by atoms with van der Waals surface area (Å²) in [6.45, 7) is 8.59. The van der Waals surface area contributed by atoms with Crippen LogP contribution in [0.15, 0.2) is 53.3 Å². The summed E-state index contributed by atoms with van der Waals surface area (Å²) >= 11 is 0. The number of para-hydroxylation sites is 2. The first-order chi connectivity index (χ1) is 18.5. The summed E-state index contributed by atoms with van der Waals surface area (Å²) in [6.07, 6.45) is -1.44. The van der Waals surface area contributed by atoms with E-state index in [1.165, 1.54) is 11.5 Å². The maximum Gasteiger partial charge on any atom is 0.330 e. The highest BCUT2D eigenvalue weighted by Gasteiger charge is 2.66. The molecule has 0 aliphatic carbocycles. The van der Waals surface area contributed by atoms with Crippen LogP contribution in [0.3, 0.4) is 0 Å². The van der Waals surface area contributed by atoms with Crippen molar-refractivity contribution in [2.75, 3.05) is 4.90 Å². The van der Waals surface area contributed by atoms with Gasteiger partial charge in [0.2, 0.25) is 5.91 Å². The Morgan fingerprint density at radius 3 is 2.51 bits per heavy atom. The van der Waals surface area contributed by atoms with Crippen molar-refractivity contribution in [2.45, 2.75) is 70.5 Å². The van der Waals surface area contributed by atoms with Gasteiger partial charge in [0.15, 0.2) is 17.5 Å². The Kier molecular flexibility index (Phi) is 5.48. The SMILES string of the molecule is CC(=O)O[C@@H](c1nc2ccccc2c(=O)n1[C@H]1C[C@]2(OC1=O)c1ccccc1N1C(=O)C(C)(C)N[C@H]12)C(C)C. The van der Waals surface area contributed by atoms with Gasteiger partial charge >= 0.3 is 11.9 Å². The lowest BCUT2D eigenvalue weighted by Crippen LogP contribution is -2.51.